The molecule has 1 unspecified atom stereocenters. The number of likely N-dealkylation sites (N-methyl/N-ethyl adjacent to an activating group) is 1. The van der Waals surface area contributed by atoms with Crippen LogP contribution in [0.4, 0.5) is 23.7 Å². The Morgan fingerprint density at radius 3 is 2.34 bits per heavy atom. The Bertz CT molecular complexity index is 1450. The van der Waals surface area contributed by atoms with Gasteiger partial charge in [-0.15, -0.1) is 0 Å². The summed E-state index contributed by atoms with van der Waals surface area (Å²) in [5.74, 6) is 0.301. The molecule has 0 spiro atoms. The molecule has 0 fully saturated rings. The van der Waals surface area contributed by atoms with Crippen LogP contribution in [0.25, 0.3) is 0 Å². The average Bonchev–Trinajstić information content (AvgIpc) is 3.35. The third kappa shape index (κ3) is 5.99. The Morgan fingerprint density at radius 1 is 0.974 bits per heavy atom. The number of hydrogen-bond donors (Lipinski definition) is 2. The predicted octanol–water partition coefficient (Wildman–Crippen LogP) is 3.70. The van der Waals surface area contributed by atoms with E-state index in [0.717, 1.165) is 18.2 Å². The molecule has 0 aromatic heterocycles. The molecule has 9 nitrogen and oxygen atoms in total. The lowest BCUT2D eigenvalue weighted by atomic mass is 10.0. The number of nitrogens with one attached hydrogen (secondary N) is 2. The number of hydrogen-bond acceptors (Lipinski definition) is 6. The number of carbonyl (C=O) groups excluding carboxylic acids is 2. The Balaban J connectivity index is 1.57. The molecule has 0 radical (unpaired) electrons. The lowest BCUT2D eigenvalue weighted by Crippen LogP contribution is -2.52. The van der Waals surface area contributed by atoms with Crippen LogP contribution in [0.3, 0.4) is 0 Å². The van der Waals surface area contributed by atoms with Crippen molar-refractivity contribution in [3.05, 3.63) is 83.9 Å². The molecule has 3 aromatic carbocycles. The lowest BCUT2D eigenvalue weighted by molar-refractivity contribution is -0.139. The molecule has 2 N–H and O–H groups in total. The molecule has 1 atom stereocenters. The van der Waals surface area contributed by atoms with Crippen molar-refractivity contribution in [2.24, 2.45) is 0 Å². The van der Waals surface area contributed by atoms with E-state index in [2.05, 4.69) is 5.32 Å². The summed E-state index contributed by atoms with van der Waals surface area (Å²) >= 11 is 0. The topological polar surface area (TPSA) is 114 Å². The minimum absolute atomic E-state index is 0.0266. The van der Waals surface area contributed by atoms with Crippen molar-refractivity contribution >= 4 is 27.6 Å². The number of benzene rings is 3. The number of rotatable bonds is 7. The van der Waals surface area contributed by atoms with Crippen LogP contribution in [-0.2, 0) is 27.4 Å². The molecule has 0 saturated heterocycles. The highest BCUT2D eigenvalue weighted by atomic mass is 32.2. The monoisotopic (exact) mass is 549 g/mol. The van der Waals surface area contributed by atoms with Gasteiger partial charge >= 0.3 is 12.2 Å². The quantitative estimate of drug-likeness (QED) is 0.465. The number of nitrogens with zero attached hydrogens (tertiary/aromatic N) is 1. The zero-order chi connectivity index (χ0) is 27.5. The number of amides is 3. The number of fused-ring (bicyclic) bond motifs is 1. The highest BCUT2D eigenvalue weighted by molar-refractivity contribution is 7.90. The number of carbonyl (C=O) groups is 2. The zero-order valence-corrected chi connectivity index (χ0v) is 20.7. The van der Waals surface area contributed by atoms with Gasteiger partial charge in [-0.05, 0) is 29.8 Å². The summed E-state index contributed by atoms with van der Waals surface area (Å²) < 4.78 is 77.6. The summed E-state index contributed by atoms with van der Waals surface area (Å²) in [5.41, 5.74) is -0.374. The molecular weight excluding hydrogens is 527 g/mol. The van der Waals surface area contributed by atoms with Gasteiger partial charge in [-0.2, -0.15) is 13.2 Å². The van der Waals surface area contributed by atoms with Gasteiger partial charge in [0, 0.05) is 25.2 Å². The standard InChI is InChI=1S/C25H22F3N3O6S/c1-31(17-11-12-20-21(14-17)37-15-36-20)23(32)19(13-16-7-3-2-4-8-16)29-24(33)30-38(34,35)22-10-6-5-9-18(22)25(26,27)28/h2-12,14,19H,13,15H2,1H3,(H2,29,30,33). The molecule has 4 rings (SSSR count). The van der Waals surface area contributed by atoms with Gasteiger partial charge in [-0.25, -0.2) is 17.9 Å². The van der Waals surface area contributed by atoms with Crippen molar-refractivity contribution in [3.63, 3.8) is 0 Å². The molecule has 1 aliphatic heterocycles. The average molecular weight is 550 g/mol. The molecule has 13 heteroatoms. The fraction of sp³-hybridized carbons (Fsp3) is 0.200. The van der Waals surface area contributed by atoms with E-state index in [0.29, 0.717) is 28.8 Å². The van der Waals surface area contributed by atoms with Crippen LogP contribution < -0.4 is 24.4 Å². The van der Waals surface area contributed by atoms with Crippen LogP contribution in [-0.4, -0.2) is 40.2 Å². The fourth-order valence-electron chi connectivity index (χ4n) is 3.80. The van der Waals surface area contributed by atoms with Gasteiger partial charge in [-0.3, -0.25) is 4.79 Å². The number of anilines is 1. The molecule has 38 heavy (non-hydrogen) atoms. The van der Waals surface area contributed by atoms with Crippen LogP contribution >= 0.6 is 0 Å². The van der Waals surface area contributed by atoms with Crippen LogP contribution in [0.15, 0.2) is 77.7 Å². The summed E-state index contributed by atoms with van der Waals surface area (Å²) in [4.78, 5) is 26.3. The number of ether oxygens (including phenoxy) is 2. The van der Waals surface area contributed by atoms with Crippen LogP contribution in [0.1, 0.15) is 11.1 Å². The van der Waals surface area contributed by atoms with E-state index < -0.39 is 44.6 Å². The van der Waals surface area contributed by atoms with Gasteiger partial charge in [-0.1, -0.05) is 42.5 Å². The first kappa shape index (κ1) is 26.8. The third-order valence-electron chi connectivity index (χ3n) is 5.67. The molecule has 0 bridgehead atoms. The van der Waals surface area contributed by atoms with Gasteiger partial charge in [0.2, 0.25) is 12.7 Å². The van der Waals surface area contributed by atoms with E-state index >= 15 is 0 Å². The SMILES string of the molecule is CN(C(=O)C(Cc1ccccc1)NC(=O)NS(=O)(=O)c1ccccc1C(F)(F)F)c1ccc2c(c1)OCO2. The van der Waals surface area contributed by atoms with Crippen molar-refractivity contribution in [1.29, 1.82) is 0 Å². The highest BCUT2D eigenvalue weighted by Gasteiger charge is 2.37. The minimum Gasteiger partial charge on any atom is -0.454 e. The molecule has 0 aliphatic carbocycles. The number of alkyl halides is 3. The van der Waals surface area contributed by atoms with Gasteiger partial charge in [0.15, 0.2) is 11.5 Å². The summed E-state index contributed by atoms with van der Waals surface area (Å²) in [5, 5.41) is 2.29. The second kappa shape index (κ2) is 10.6. The van der Waals surface area contributed by atoms with E-state index in [4.69, 9.17) is 9.47 Å². The first-order chi connectivity index (χ1) is 18.0. The largest absolute Gasteiger partial charge is 0.454 e. The maximum atomic E-state index is 13.4. The summed E-state index contributed by atoms with van der Waals surface area (Å²) in [6, 6.07) is 14.2. The van der Waals surface area contributed by atoms with Crippen molar-refractivity contribution in [1.82, 2.24) is 10.0 Å². The van der Waals surface area contributed by atoms with Crippen molar-refractivity contribution in [2.75, 3.05) is 18.7 Å². The first-order valence-corrected chi connectivity index (χ1v) is 12.6. The van der Waals surface area contributed by atoms with Gasteiger partial charge < -0.3 is 19.7 Å². The second-order valence-electron chi connectivity index (χ2n) is 8.25. The summed E-state index contributed by atoms with van der Waals surface area (Å²) in [6.45, 7) is 0.0285. The first-order valence-electron chi connectivity index (χ1n) is 11.2. The molecule has 1 aliphatic rings. The maximum absolute atomic E-state index is 13.4. The smallest absolute Gasteiger partial charge is 0.417 e. The second-order valence-corrected chi connectivity index (χ2v) is 9.90. The van der Waals surface area contributed by atoms with Crippen LogP contribution in [0.2, 0.25) is 0 Å². The van der Waals surface area contributed by atoms with E-state index in [1.54, 1.807) is 53.3 Å². The molecule has 200 valence electrons. The van der Waals surface area contributed by atoms with Gasteiger partial charge in [0.25, 0.3) is 10.0 Å². The van der Waals surface area contributed by atoms with Gasteiger partial charge in [0.1, 0.15) is 6.04 Å². The van der Waals surface area contributed by atoms with Crippen LogP contribution in [0, 0.1) is 0 Å². The van der Waals surface area contributed by atoms with Gasteiger partial charge in [0.05, 0.1) is 10.5 Å². The van der Waals surface area contributed by atoms with E-state index in [-0.39, 0.29) is 13.2 Å². The minimum atomic E-state index is -4.97. The highest BCUT2D eigenvalue weighted by Crippen LogP contribution is 2.36. The Kier molecular flexibility index (Phi) is 7.49. The lowest BCUT2D eigenvalue weighted by Gasteiger charge is -2.25. The van der Waals surface area contributed by atoms with E-state index in [1.165, 1.54) is 11.9 Å². The summed E-state index contributed by atoms with van der Waals surface area (Å²) in [6.07, 6.45) is -5.00. The third-order valence-corrected chi connectivity index (χ3v) is 7.06. The Hall–Kier alpha value is -4.26. The fourth-order valence-corrected chi connectivity index (χ4v) is 4.95. The summed E-state index contributed by atoms with van der Waals surface area (Å²) in [7, 11) is -3.48. The molecular formula is C25H22F3N3O6S. The number of sulfonamides is 1. The van der Waals surface area contributed by atoms with E-state index in [9.17, 15) is 31.2 Å². The van der Waals surface area contributed by atoms with Crippen molar-refractivity contribution in [3.8, 4) is 11.5 Å². The Labute approximate surface area is 216 Å². The Morgan fingerprint density at radius 2 is 1.63 bits per heavy atom. The molecule has 3 amide bonds. The van der Waals surface area contributed by atoms with Crippen molar-refractivity contribution in [2.45, 2.75) is 23.5 Å². The van der Waals surface area contributed by atoms with Crippen LogP contribution in [0.5, 0.6) is 11.5 Å². The van der Waals surface area contributed by atoms with E-state index in [1.807, 2.05) is 0 Å². The maximum Gasteiger partial charge on any atom is 0.417 e. The zero-order valence-electron chi connectivity index (χ0n) is 19.9. The van der Waals surface area contributed by atoms with Crippen molar-refractivity contribution < 1.29 is 40.7 Å². The number of halogens is 3. The predicted molar refractivity (Wildman–Crippen MR) is 130 cm³/mol. The normalized spacial score (nSPS) is 13.5. The molecule has 3 aromatic rings. The molecule has 1 heterocycles. The molecule has 0 saturated carbocycles. The number of urea groups is 1.